The van der Waals surface area contributed by atoms with Crippen molar-refractivity contribution in [2.75, 3.05) is 0 Å². The highest BCUT2D eigenvalue weighted by Crippen LogP contribution is 2.28. The first-order chi connectivity index (χ1) is 7.61. The van der Waals surface area contributed by atoms with Crippen molar-refractivity contribution in [3.05, 3.63) is 35.9 Å². The first-order valence-corrected chi connectivity index (χ1v) is 5.41. The molecule has 1 rings (SSSR count). The molecule has 0 atom stereocenters. The third-order valence-electron chi connectivity index (χ3n) is 1.10. The summed E-state index contributed by atoms with van der Waals surface area (Å²) in [5, 5.41) is 0. The van der Waals surface area contributed by atoms with E-state index in [9.17, 15) is 13.2 Å². The van der Waals surface area contributed by atoms with E-state index in [0.717, 1.165) is 12.1 Å². The number of benzene rings is 1. The van der Waals surface area contributed by atoms with Crippen LogP contribution in [0.5, 0.6) is 0 Å². The lowest BCUT2D eigenvalue weighted by Crippen LogP contribution is -2.03. The molecule has 0 aliphatic carbocycles. The van der Waals surface area contributed by atoms with E-state index in [0.29, 0.717) is 0 Å². The largest absolute Gasteiger partial charge is 0.466 e. The van der Waals surface area contributed by atoms with Gasteiger partial charge in [-0.1, -0.05) is 30.3 Å². The maximum absolute atomic E-state index is 11.8. The van der Waals surface area contributed by atoms with Gasteiger partial charge in [0.1, 0.15) is 0 Å². The summed E-state index contributed by atoms with van der Waals surface area (Å²) in [7, 11) is -4.64. The average Bonchev–Trinajstić information content (AvgIpc) is 2.18. The molecule has 0 saturated carbocycles. The Labute approximate surface area is 94.9 Å². The van der Waals surface area contributed by atoms with Gasteiger partial charge in [0.15, 0.2) is 0 Å². The highest BCUT2D eigenvalue weighted by Gasteiger charge is 2.29. The molecule has 0 spiro atoms. The minimum atomic E-state index is -4.64. The normalized spacial score (nSPS) is 10.6. The fraction of sp³-hybridized carbons (Fsp3) is 0.143. The molecule has 0 bridgehead atoms. The van der Waals surface area contributed by atoms with Gasteiger partial charge in [0.2, 0.25) is 0 Å². The molecule has 0 heterocycles. The summed E-state index contributed by atoms with van der Waals surface area (Å²) >= 11 is 0. The van der Waals surface area contributed by atoms with Crippen LogP contribution in [-0.2, 0) is 10.7 Å². The number of hydrogen-bond acceptors (Lipinski definition) is 3. The van der Waals surface area contributed by atoms with Crippen LogP contribution < -0.4 is 11.7 Å². The lowest BCUT2D eigenvalue weighted by molar-refractivity contribution is -0.137. The third-order valence-corrected chi connectivity index (χ3v) is 1.10. The number of hydrogen-bond donors (Lipinski definition) is 5. The summed E-state index contributed by atoms with van der Waals surface area (Å²) in [5.41, 5.74) is -0.602. The molecule has 0 aliphatic rings. The Balaban J connectivity index is 0. The van der Waals surface area contributed by atoms with Gasteiger partial charge >= 0.3 is 14.0 Å². The molecular formula is C7H12F3N2O4P. The quantitative estimate of drug-likeness (QED) is 0.268. The Kier molecular flexibility index (Phi) is 8.85. The SMILES string of the molecule is FC(F)(F)c1ccccc1.NN.O=P(O)(O)O. The number of halogens is 3. The summed E-state index contributed by atoms with van der Waals surface area (Å²) in [6, 6.07) is 6.36. The molecule has 10 heteroatoms. The summed E-state index contributed by atoms with van der Waals surface area (Å²) in [5.74, 6) is 8.00. The molecule has 7 N–H and O–H groups in total. The molecular weight excluding hydrogens is 264 g/mol. The fourth-order valence-corrected chi connectivity index (χ4v) is 0.627. The Morgan fingerprint density at radius 2 is 1.29 bits per heavy atom. The number of nitrogens with two attached hydrogens (primary N) is 2. The molecule has 6 nitrogen and oxygen atoms in total. The van der Waals surface area contributed by atoms with Crippen molar-refractivity contribution in [2.24, 2.45) is 11.7 Å². The second-order valence-electron chi connectivity index (χ2n) is 2.38. The molecule has 0 saturated heterocycles. The first kappa shape index (κ1) is 18.4. The summed E-state index contributed by atoms with van der Waals surface area (Å²) in [6.45, 7) is 0. The van der Waals surface area contributed by atoms with Gasteiger partial charge in [0.25, 0.3) is 0 Å². The van der Waals surface area contributed by atoms with Crippen molar-refractivity contribution >= 4 is 7.82 Å². The Bertz CT molecular complexity index is 332. The average molecular weight is 276 g/mol. The van der Waals surface area contributed by atoms with Crippen molar-refractivity contribution in [2.45, 2.75) is 6.18 Å². The van der Waals surface area contributed by atoms with Crippen LogP contribution in [0.3, 0.4) is 0 Å². The predicted molar refractivity (Wildman–Crippen MR) is 54.1 cm³/mol. The van der Waals surface area contributed by atoms with Crippen molar-refractivity contribution in [1.82, 2.24) is 0 Å². The minimum Gasteiger partial charge on any atom is -0.303 e. The molecule has 0 unspecified atom stereocenters. The van der Waals surface area contributed by atoms with Gasteiger partial charge in [-0.3, -0.25) is 11.7 Å². The number of rotatable bonds is 0. The summed E-state index contributed by atoms with van der Waals surface area (Å²) in [6.07, 6.45) is -4.21. The fourth-order valence-electron chi connectivity index (χ4n) is 0.627. The number of phosphoric acid groups is 1. The topological polar surface area (TPSA) is 130 Å². The molecule has 1 aromatic rings. The highest BCUT2D eigenvalue weighted by molar-refractivity contribution is 7.45. The first-order valence-electron chi connectivity index (χ1n) is 3.84. The zero-order chi connectivity index (χ0) is 14.1. The van der Waals surface area contributed by atoms with E-state index >= 15 is 0 Å². The van der Waals surface area contributed by atoms with Crippen LogP contribution in [0.4, 0.5) is 13.2 Å². The van der Waals surface area contributed by atoms with Crippen LogP contribution in [-0.4, -0.2) is 14.7 Å². The molecule has 0 radical (unpaired) electrons. The monoisotopic (exact) mass is 276 g/mol. The lowest BCUT2D eigenvalue weighted by Gasteiger charge is -2.03. The van der Waals surface area contributed by atoms with E-state index < -0.39 is 19.6 Å². The van der Waals surface area contributed by atoms with Crippen LogP contribution in [0.15, 0.2) is 30.3 Å². The molecule has 0 aromatic heterocycles. The van der Waals surface area contributed by atoms with Gasteiger partial charge < -0.3 is 14.7 Å². The van der Waals surface area contributed by atoms with Gasteiger partial charge in [0, 0.05) is 0 Å². The Morgan fingerprint density at radius 1 is 1.00 bits per heavy atom. The van der Waals surface area contributed by atoms with Crippen molar-refractivity contribution < 1.29 is 32.4 Å². The predicted octanol–water partition coefficient (Wildman–Crippen LogP) is 0.596. The van der Waals surface area contributed by atoms with Crippen LogP contribution >= 0.6 is 7.82 Å². The maximum Gasteiger partial charge on any atom is 0.466 e. The number of alkyl halides is 3. The van der Waals surface area contributed by atoms with E-state index in [1.807, 2.05) is 0 Å². The van der Waals surface area contributed by atoms with E-state index in [1.54, 1.807) is 6.07 Å². The smallest absolute Gasteiger partial charge is 0.303 e. The number of hydrazine groups is 1. The molecule has 1 aromatic carbocycles. The summed E-state index contributed by atoms with van der Waals surface area (Å²) in [4.78, 5) is 21.6. The summed E-state index contributed by atoms with van der Waals surface area (Å²) < 4.78 is 44.2. The lowest BCUT2D eigenvalue weighted by atomic mass is 10.2. The van der Waals surface area contributed by atoms with Gasteiger partial charge in [-0.2, -0.15) is 13.2 Å². The van der Waals surface area contributed by atoms with E-state index in [4.69, 9.17) is 19.2 Å². The standard InChI is InChI=1S/C7H5F3.H4N2.H3O4P/c8-7(9,10)6-4-2-1-3-5-6;1-2;1-5(2,3)4/h1-5H;1-2H2;(H3,1,2,3,4). The third kappa shape index (κ3) is 15.0. The molecule has 100 valence electrons. The molecule has 0 fully saturated rings. The van der Waals surface area contributed by atoms with Gasteiger partial charge in [-0.05, 0) is 0 Å². The molecule has 0 aliphatic heterocycles. The van der Waals surface area contributed by atoms with Crippen LogP contribution in [0.25, 0.3) is 0 Å². The van der Waals surface area contributed by atoms with Crippen molar-refractivity contribution in [1.29, 1.82) is 0 Å². The van der Waals surface area contributed by atoms with Crippen LogP contribution in [0.2, 0.25) is 0 Å². The zero-order valence-corrected chi connectivity index (χ0v) is 9.27. The second-order valence-corrected chi connectivity index (χ2v) is 3.40. The maximum atomic E-state index is 11.8. The van der Waals surface area contributed by atoms with Crippen LogP contribution in [0.1, 0.15) is 5.56 Å². The van der Waals surface area contributed by atoms with Gasteiger partial charge in [-0.25, -0.2) is 4.57 Å². The van der Waals surface area contributed by atoms with Gasteiger partial charge in [-0.15, -0.1) is 0 Å². The van der Waals surface area contributed by atoms with E-state index in [2.05, 4.69) is 11.7 Å². The highest BCUT2D eigenvalue weighted by atomic mass is 31.2. The van der Waals surface area contributed by atoms with E-state index in [1.165, 1.54) is 12.1 Å². The second kappa shape index (κ2) is 8.18. The Hall–Kier alpha value is -0.960. The Morgan fingerprint density at radius 3 is 1.47 bits per heavy atom. The van der Waals surface area contributed by atoms with Gasteiger partial charge in [0.05, 0.1) is 5.56 Å². The van der Waals surface area contributed by atoms with E-state index in [-0.39, 0.29) is 0 Å². The minimum absolute atomic E-state index is 0.602. The zero-order valence-electron chi connectivity index (χ0n) is 8.37. The molecule has 0 amide bonds. The molecule has 17 heavy (non-hydrogen) atoms. The van der Waals surface area contributed by atoms with Crippen molar-refractivity contribution in [3.8, 4) is 0 Å². The van der Waals surface area contributed by atoms with Crippen LogP contribution in [0, 0.1) is 0 Å². The van der Waals surface area contributed by atoms with Crippen molar-refractivity contribution in [3.63, 3.8) is 0 Å².